The van der Waals surface area contributed by atoms with E-state index in [1.54, 1.807) is 0 Å². The van der Waals surface area contributed by atoms with Crippen LogP contribution in [0.5, 0.6) is 0 Å². The lowest BCUT2D eigenvalue weighted by Gasteiger charge is -2.03. The minimum absolute atomic E-state index is 0.0512. The van der Waals surface area contributed by atoms with E-state index in [1.165, 1.54) is 16.9 Å². The fraction of sp³-hybridized carbons (Fsp3) is 0.235. The van der Waals surface area contributed by atoms with Gasteiger partial charge in [-0.3, -0.25) is 4.79 Å². The van der Waals surface area contributed by atoms with Crippen LogP contribution in [0, 0.1) is 11.8 Å². The Kier molecular flexibility index (Phi) is 6.01. The summed E-state index contributed by atoms with van der Waals surface area (Å²) in [6.45, 7) is 0.391. The summed E-state index contributed by atoms with van der Waals surface area (Å²) in [4.78, 5) is 13.8. The van der Waals surface area contributed by atoms with Crippen molar-refractivity contribution in [3.05, 3.63) is 57.8 Å². The summed E-state index contributed by atoms with van der Waals surface area (Å²) >= 11 is 1.53. The maximum absolute atomic E-state index is 11.8. The molecule has 0 aliphatic carbocycles. The first kappa shape index (κ1) is 15.3. The standard InChI is InChI=1S/C17H17NO2S/c19-12-4-7-15-9-10-16(21-15)13-18-17(20)11-8-14-5-2-1-3-6-14/h1-3,5-6,9-10,19H,8,11-13H2,(H,18,20). The number of aliphatic hydroxyl groups is 1. The largest absolute Gasteiger partial charge is 0.384 e. The van der Waals surface area contributed by atoms with Crippen molar-refractivity contribution in [2.75, 3.05) is 6.61 Å². The Hall–Kier alpha value is -2.09. The minimum atomic E-state index is -0.135. The number of carbonyl (C=O) groups is 1. The maximum Gasteiger partial charge on any atom is 0.220 e. The third kappa shape index (κ3) is 5.42. The second kappa shape index (κ2) is 8.25. The van der Waals surface area contributed by atoms with Crippen molar-refractivity contribution in [3.63, 3.8) is 0 Å². The Balaban J connectivity index is 1.75. The van der Waals surface area contributed by atoms with Crippen molar-refractivity contribution in [3.8, 4) is 11.8 Å². The van der Waals surface area contributed by atoms with E-state index in [-0.39, 0.29) is 12.5 Å². The van der Waals surface area contributed by atoms with E-state index >= 15 is 0 Å². The first-order valence-corrected chi connectivity index (χ1v) is 7.58. The second-order valence-corrected chi connectivity index (χ2v) is 5.66. The minimum Gasteiger partial charge on any atom is -0.384 e. The summed E-state index contributed by atoms with van der Waals surface area (Å²) in [5.74, 6) is 5.52. The molecule has 2 N–H and O–H groups in total. The normalized spacial score (nSPS) is 9.76. The van der Waals surface area contributed by atoms with E-state index < -0.39 is 0 Å². The molecule has 0 saturated carbocycles. The SMILES string of the molecule is O=C(CCc1ccccc1)NCc1ccc(C#CCO)s1. The smallest absolute Gasteiger partial charge is 0.220 e. The average molecular weight is 299 g/mol. The van der Waals surface area contributed by atoms with Crippen LogP contribution in [0.1, 0.15) is 21.7 Å². The number of hydrogen-bond acceptors (Lipinski definition) is 3. The molecule has 4 heteroatoms. The number of aryl methyl sites for hydroxylation is 1. The molecule has 0 fully saturated rings. The molecule has 0 saturated heterocycles. The molecule has 0 spiro atoms. The first-order valence-electron chi connectivity index (χ1n) is 6.77. The van der Waals surface area contributed by atoms with Gasteiger partial charge in [-0.15, -0.1) is 11.3 Å². The summed E-state index contributed by atoms with van der Waals surface area (Å²) in [7, 11) is 0. The Labute approximate surface area is 128 Å². The third-order valence-electron chi connectivity index (χ3n) is 2.90. The molecule has 0 bridgehead atoms. The highest BCUT2D eigenvalue weighted by Crippen LogP contribution is 2.15. The average Bonchev–Trinajstić information content (AvgIpc) is 2.98. The lowest BCUT2D eigenvalue weighted by Crippen LogP contribution is -2.22. The zero-order valence-electron chi connectivity index (χ0n) is 11.6. The highest BCUT2D eigenvalue weighted by atomic mass is 32.1. The summed E-state index contributed by atoms with van der Waals surface area (Å²) < 4.78 is 0. The van der Waals surface area contributed by atoms with Gasteiger partial charge in [0.15, 0.2) is 0 Å². The highest BCUT2D eigenvalue weighted by Gasteiger charge is 2.03. The maximum atomic E-state index is 11.8. The molecule has 21 heavy (non-hydrogen) atoms. The first-order chi connectivity index (χ1) is 10.3. The highest BCUT2D eigenvalue weighted by molar-refractivity contribution is 7.12. The lowest BCUT2D eigenvalue weighted by molar-refractivity contribution is -0.121. The van der Waals surface area contributed by atoms with Crippen molar-refractivity contribution < 1.29 is 9.90 Å². The monoisotopic (exact) mass is 299 g/mol. The van der Waals surface area contributed by atoms with E-state index in [9.17, 15) is 4.79 Å². The van der Waals surface area contributed by atoms with Crippen LogP contribution in [-0.2, 0) is 17.8 Å². The molecule has 2 rings (SSSR count). The van der Waals surface area contributed by atoms with Crippen LogP contribution in [0.3, 0.4) is 0 Å². The van der Waals surface area contributed by atoms with Gasteiger partial charge in [0, 0.05) is 11.3 Å². The van der Waals surface area contributed by atoms with Gasteiger partial charge in [0.25, 0.3) is 0 Å². The Morgan fingerprint density at radius 2 is 2.00 bits per heavy atom. The van der Waals surface area contributed by atoms with Gasteiger partial charge in [0.05, 0.1) is 11.4 Å². The molecular formula is C17H17NO2S. The Morgan fingerprint density at radius 3 is 2.76 bits per heavy atom. The predicted molar refractivity (Wildman–Crippen MR) is 84.9 cm³/mol. The molecule has 108 valence electrons. The molecule has 1 amide bonds. The van der Waals surface area contributed by atoms with Gasteiger partial charge in [-0.05, 0) is 24.1 Å². The van der Waals surface area contributed by atoms with Crippen LogP contribution in [0.4, 0.5) is 0 Å². The zero-order valence-corrected chi connectivity index (χ0v) is 12.5. The van der Waals surface area contributed by atoms with E-state index in [2.05, 4.69) is 17.2 Å². The van der Waals surface area contributed by atoms with Crippen molar-refractivity contribution in [1.82, 2.24) is 5.32 Å². The summed E-state index contributed by atoms with van der Waals surface area (Å²) in [6.07, 6.45) is 1.25. The molecule has 0 unspecified atom stereocenters. The number of aliphatic hydroxyl groups excluding tert-OH is 1. The Bertz CT molecular complexity index is 638. The number of nitrogens with one attached hydrogen (secondary N) is 1. The lowest BCUT2D eigenvalue weighted by atomic mass is 10.1. The molecule has 1 aromatic heterocycles. The number of carbonyl (C=O) groups excluding carboxylic acids is 1. The molecule has 2 aromatic rings. The van der Waals surface area contributed by atoms with Gasteiger partial charge < -0.3 is 10.4 Å². The van der Waals surface area contributed by atoms with Gasteiger partial charge in [-0.25, -0.2) is 0 Å². The van der Waals surface area contributed by atoms with E-state index in [0.29, 0.717) is 13.0 Å². The number of hydrogen-bond donors (Lipinski definition) is 2. The van der Waals surface area contributed by atoms with Crippen LogP contribution < -0.4 is 5.32 Å². The molecular weight excluding hydrogens is 282 g/mol. The van der Waals surface area contributed by atoms with Gasteiger partial charge in [0.2, 0.25) is 5.91 Å². The quantitative estimate of drug-likeness (QED) is 0.833. The van der Waals surface area contributed by atoms with Gasteiger partial charge in [-0.1, -0.05) is 42.2 Å². The van der Waals surface area contributed by atoms with Crippen molar-refractivity contribution in [1.29, 1.82) is 0 Å². The number of thiophene rings is 1. The predicted octanol–water partition coefficient (Wildman–Crippen LogP) is 2.34. The van der Waals surface area contributed by atoms with E-state index in [0.717, 1.165) is 16.2 Å². The van der Waals surface area contributed by atoms with Crippen LogP contribution >= 0.6 is 11.3 Å². The second-order valence-electron chi connectivity index (χ2n) is 4.49. The molecule has 0 aliphatic heterocycles. The summed E-state index contributed by atoms with van der Waals surface area (Å²) in [5, 5.41) is 11.6. The molecule has 0 aliphatic rings. The number of rotatable bonds is 5. The molecule has 3 nitrogen and oxygen atoms in total. The van der Waals surface area contributed by atoms with E-state index in [1.807, 2.05) is 42.5 Å². The van der Waals surface area contributed by atoms with Gasteiger partial charge in [0.1, 0.15) is 6.61 Å². The number of benzene rings is 1. The fourth-order valence-corrected chi connectivity index (χ4v) is 2.67. The van der Waals surface area contributed by atoms with Crippen molar-refractivity contribution in [2.24, 2.45) is 0 Å². The van der Waals surface area contributed by atoms with Crippen LogP contribution in [0.25, 0.3) is 0 Å². The number of amides is 1. The summed E-state index contributed by atoms with van der Waals surface area (Å²) in [6, 6.07) is 13.8. The third-order valence-corrected chi connectivity index (χ3v) is 3.90. The topological polar surface area (TPSA) is 49.3 Å². The van der Waals surface area contributed by atoms with Crippen LogP contribution in [0.15, 0.2) is 42.5 Å². The fourth-order valence-electron chi connectivity index (χ4n) is 1.84. The Morgan fingerprint density at radius 1 is 1.19 bits per heavy atom. The molecule has 0 atom stereocenters. The van der Waals surface area contributed by atoms with Crippen LogP contribution in [0.2, 0.25) is 0 Å². The van der Waals surface area contributed by atoms with Crippen molar-refractivity contribution >= 4 is 17.2 Å². The van der Waals surface area contributed by atoms with Crippen LogP contribution in [-0.4, -0.2) is 17.6 Å². The zero-order chi connectivity index (χ0) is 14.9. The molecule has 0 radical (unpaired) electrons. The molecule has 1 aromatic carbocycles. The molecule has 1 heterocycles. The summed E-state index contributed by atoms with van der Waals surface area (Å²) in [5.41, 5.74) is 1.17. The van der Waals surface area contributed by atoms with Gasteiger partial charge >= 0.3 is 0 Å². The van der Waals surface area contributed by atoms with Crippen molar-refractivity contribution in [2.45, 2.75) is 19.4 Å². The van der Waals surface area contributed by atoms with E-state index in [4.69, 9.17) is 5.11 Å². The van der Waals surface area contributed by atoms with Gasteiger partial charge in [-0.2, -0.15) is 0 Å².